The Kier molecular flexibility index (Phi) is 19.4. The number of carboxylic acid groups (broad SMARTS) is 1. The van der Waals surface area contributed by atoms with Crippen molar-refractivity contribution in [2.75, 3.05) is 13.2 Å². The number of allylic oxidation sites excluding steroid dienone is 2. The average Bonchev–Trinajstić information content (AvgIpc) is 3.14. The molecule has 1 aliphatic heterocycles. The van der Waals surface area contributed by atoms with Gasteiger partial charge in [0.25, 0.3) is 0 Å². The van der Waals surface area contributed by atoms with Crippen molar-refractivity contribution in [2.45, 2.75) is 146 Å². The number of unbranched alkanes of at least 4 members (excludes halogenated alkanes) is 1. The van der Waals surface area contributed by atoms with Crippen molar-refractivity contribution in [1.82, 2.24) is 10.6 Å². The lowest BCUT2D eigenvalue weighted by atomic mass is 9.83. The molecule has 0 amide bonds. The number of aliphatic carboxylic acids is 1. The summed E-state index contributed by atoms with van der Waals surface area (Å²) in [6.45, 7) is 6.03. The summed E-state index contributed by atoms with van der Waals surface area (Å²) in [5.41, 5.74) is 3.08. The first-order valence-electron chi connectivity index (χ1n) is 19.7. The Balaban J connectivity index is 2.18. The molecule has 0 aromatic heterocycles. The summed E-state index contributed by atoms with van der Waals surface area (Å²) >= 11 is 0. The number of aryl methyl sites for hydroxylation is 1. The zero-order valence-corrected chi connectivity index (χ0v) is 32.4. The number of benzene rings is 2. The highest BCUT2D eigenvalue weighted by molar-refractivity contribution is 5.66. The van der Waals surface area contributed by atoms with Crippen LogP contribution in [0.25, 0.3) is 0 Å². The average molecular weight is 749 g/mol. The molecule has 10 nitrogen and oxygen atoms in total. The third-order valence-electron chi connectivity index (χ3n) is 10.3. The predicted molar refractivity (Wildman–Crippen MR) is 213 cm³/mol. The van der Waals surface area contributed by atoms with Crippen LogP contribution in [0.2, 0.25) is 0 Å². The van der Waals surface area contributed by atoms with Crippen molar-refractivity contribution in [3.63, 3.8) is 0 Å². The minimum absolute atomic E-state index is 0.0114. The Bertz CT molecular complexity index is 1540. The number of nitrogens with one attached hydrogen (secondary N) is 2. The molecular weight excluding hydrogens is 684 g/mol. The summed E-state index contributed by atoms with van der Waals surface area (Å²) < 4.78 is 0. The van der Waals surface area contributed by atoms with Crippen LogP contribution in [0.15, 0.2) is 71.8 Å². The van der Waals surface area contributed by atoms with Crippen molar-refractivity contribution in [1.29, 1.82) is 0 Å². The minimum Gasteiger partial charge on any atom is -0.508 e. The van der Waals surface area contributed by atoms with Crippen LogP contribution in [0.3, 0.4) is 0 Å². The van der Waals surface area contributed by atoms with E-state index in [1.165, 1.54) is 0 Å². The number of aliphatic hydroxyl groups excluding tert-OH is 4. The molecule has 0 aliphatic carbocycles. The first kappa shape index (κ1) is 44.9. The van der Waals surface area contributed by atoms with Gasteiger partial charge in [-0.3, -0.25) is 4.79 Å². The number of rotatable bonds is 21. The largest absolute Gasteiger partial charge is 0.508 e. The maximum atomic E-state index is 12.2. The highest BCUT2D eigenvalue weighted by Gasteiger charge is 2.35. The van der Waals surface area contributed by atoms with Crippen LogP contribution >= 0.6 is 0 Å². The van der Waals surface area contributed by atoms with Gasteiger partial charge in [0.15, 0.2) is 0 Å². The molecule has 298 valence electrons. The molecule has 54 heavy (non-hydrogen) atoms. The fourth-order valence-electron chi connectivity index (χ4n) is 7.18. The van der Waals surface area contributed by atoms with Crippen LogP contribution < -0.4 is 10.6 Å². The number of phenolic OH excluding ortho intramolecular Hbond substituents is 1. The number of aromatic hydroxyl groups is 1. The van der Waals surface area contributed by atoms with Gasteiger partial charge in [-0.05, 0) is 98.9 Å². The van der Waals surface area contributed by atoms with E-state index in [1.54, 1.807) is 37.3 Å². The van der Waals surface area contributed by atoms with Gasteiger partial charge in [-0.15, -0.1) is 0 Å². The Labute approximate surface area is 322 Å². The molecule has 9 N–H and O–H groups in total. The molecular formula is C44H64N2O8. The maximum absolute atomic E-state index is 12.2. The summed E-state index contributed by atoms with van der Waals surface area (Å²) in [5.74, 6) is 5.97. The fourth-order valence-corrected chi connectivity index (χ4v) is 7.18. The van der Waals surface area contributed by atoms with E-state index in [4.69, 9.17) is 0 Å². The number of aliphatic hydroxyl groups is 5. The van der Waals surface area contributed by atoms with Gasteiger partial charge in [-0.25, -0.2) is 0 Å². The topological polar surface area (TPSA) is 183 Å². The molecule has 1 aliphatic rings. The molecule has 2 aromatic rings. The van der Waals surface area contributed by atoms with Crippen molar-refractivity contribution in [2.24, 2.45) is 0 Å². The fraction of sp³-hybridized carbons (Fsp3) is 0.568. The van der Waals surface area contributed by atoms with Crippen LogP contribution in [-0.2, 0) is 17.6 Å². The highest BCUT2D eigenvalue weighted by Crippen LogP contribution is 2.30. The minimum atomic E-state index is -1.32. The van der Waals surface area contributed by atoms with Gasteiger partial charge in [0.2, 0.25) is 0 Å². The van der Waals surface area contributed by atoms with Gasteiger partial charge in [0.1, 0.15) is 5.75 Å². The first-order valence-corrected chi connectivity index (χ1v) is 19.7. The van der Waals surface area contributed by atoms with E-state index in [9.17, 15) is 40.5 Å². The molecule has 0 radical (unpaired) electrons. The lowest BCUT2D eigenvalue weighted by Gasteiger charge is -2.38. The summed E-state index contributed by atoms with van der Waals surface area (Å²) in [4.78, 5) is 11.4. The normalized spacial score (nSPS) is 20.1. The van der Waals surface area contributed by atoms with Gasteiger partial charge >= 0.3 is 5.97 Å². The molecule has 2 aromatic carbocycles. The first-order chi connectivity index (χ1) is 25.9. The zero-order valence-electron chi connectivity index (χ0n) is 32.4. The Morgan fingerprint density at radius 3 is 2.46 bits per heavy atom. The summed E-state index contributed by atoms with van der Waals surface area (Å²) in [5, 5.41) is 81.5. The monoisotopic (exact) mass is 748 g/mol. The highest BCUT2D eigenvalue weighted by atomic mass is 16.4. The Hall–Kier alpha value is -3.53. The predicted octanol–water partition coefficient (Wildman–Crippen LogP) is 4.92. The van der Waals surface area contributed by atoms with E-state index in [0.29, 0.717) is 51.5 Å². The number of carboxylic acids is 1. The molecule has 10 heteroatoms. The third-order valence-corrected chi connectivity index (χ3v) is 10.3. The van der Waals surface area contributed by atoms with E-state index < -0.39 is 48.6 Å². The van der Waals surface area contributed by atoms with Crippen LogP contribution in [0, 0.1) is 11.8 Å². The molecule has 7 atom stereocenters. The number of phenols is 1. The number of hydrogen-bond acceptors (Lipinski definition) is 9. The van der Waals surface area contributed by atoms with Crippen LogP contribution in [0.4, 0.5) is 0 Å². The van der Waals surface area contributed by atoms with Gasteiger partial charge in [-0.1, -0.05) is 87.4 Å². The zero-order chi connectivity index (χ0) is 39.5. The molecule has 0 spiro atoms. The standard InChI is InChI=1S/C44H64N2O8/c1-4-6-16-40(50)41(51)26-22-34-21-20-33-12-8-7-11-32(33)13-9-17-42(44(3,54)29-31-18-24-36(48)25-19-31)46-39(38(34)28-37(49)30-47)15-10-14-35(45-5-2)23-27-43(52)53/h7-8,11-12,18-19,22,24-26,35,37,39-42,45-51,54H,4-6,10,14-17,20-21,23,27-30H2,1-3H3,(H,52,53)/t35-,37+,39+,40+,41-,42-,44+/m1/s1. The van der Waals surface area contributed by atoms with E-state index in [1.807, 2.05) is 44.2 Å². The van der Waals surface area contributed by atoms with E-state index in [-0.39, 0.29) is 37.5 Å². The van der Waals surface area contributed by atoms with Crippen molar-refractivity contribution in [3.8, 4) is 17.6 Å². The van der Waals surface area contributed by atoms with Gasteiger partial charge in [-0.2, -0.15) is 0 Å². The van der Waals surface area contributed by atoms with Gasteiger partial charge in [0, 0.05) is 43.0 Å². The van der Waals surface area contributed by atoms with Crippen molar-refractivity contribution >= 4 is 5.97 Å². The lowest BCUT2D eigenvalue weighted by Crippen LogP contribution is -2.54. The van der Waals surface area contributed by atoms with Crippen molar-refractivity contribution in [3.05, 3.63) is 88.5 Å². The van der Waals surface area contributed by atoms with E-state index in [0.717, 1.165) is 40.7 Å². The lowest BCUT2D eigenvalue weighted by molar-refractivity contribution is -0.137. The van der Waals surface area contributed by atoms with Crippen molar-refractivity contribution < 1.29 is 40.5 Å². The Morgan fingerprint density at radius 1 is 1.04 bits per heavy atom. The quantitative estimate of drug-likeness (QED) is 0.0795. The molecule has 0 bridgehead atoms. The summed E-state index contributed by atoms with van der Waals surface area (Å²) in [6, 6.07) is 13.7. The molecule has 0 saturated heterocycles. The molecule has 1 heterocycles. The SMILES string of the molecule is CCCC[C@H](O)[C@H](O)C=CC1=C(C[C@H](O)CO)[C@H](CCC[C@H](CCC(=O)O)NCC)N[C@@H]([C@@](C)(O)Cc2ccc(O)cc2)CC#Cc2ccccc2CC1. The second-order valence-corrected chi connectivity index (χ2v) is 14.9. The second kappa shape index (κ2) is 23.4. The maximum Gasteiger partial charge on any atom is 0.303 e. The van der Waals surface area contributed by atoms with Gasteiger partial charge in [0.05, 0.1) is 30.5 Å². The second-order valence-electron chi connectivity index (χ2n) is 14.9. The summed E-state index contributed by atoms with van der Waals surface area (Å²) in [6.07, 6.45) is 6.76. The van der Waals surface area contributed by atoms with Crippen LogP contribution in [-0.4, -0.2) is 96.9 Å². The smallest absolute Gasteiger partial charge is 0.303 e. The number of hydrogen-bond donors (Lipinski definition) is 9. The van der Waals surface area contributed by atoms with E-state index in [2.05, 4.69) is 22.5 Å². The van der Waals surface area contributed by atoms with Gasteiger partial charge < -0.3 is 46.4 Å². The van der Waals surface area contributed by atoms with Crippen LogP contribution in [0.5, 0.6) is 5.75 Å². The van der Waals surface area contributed by atoms with Crippen LogP contribution in [0.1, 0.15) is 108 Å². The molecule has 3 rings (SSSR count). The summed E-state index contributed by atoms with van der Waals surface area (Å²) in [7, 11) is 0. The third kappa shape index (κ3) is 15.3. The number of fused-ring (bicyclic) bond motifs is 1. The molecule has 0 fully saturated rings. The number of carbonyl (C=O) groups is 1. The molecule has 0 saturated carbocycles. The Morgan fingerprint density at radius 2 is 1.78 bits per heavy atom. The van der Waals surface area contributed by atoms with E-state index >= 15 is 0 Å². The molecule has 0 unspecified atom stereocenters.